The number of carbonyl (C=O) groups excluding carboxylic acids is 1. The third-order valence-corrected chi connectivity index (χ3v) is 5.08. The van der Waals surface area contributed by atoms with Crippen LogP contribution in [-0.2, 0) is 13.6 Å². The molecule has 0 saturated carbocycles. The van der Waals surface area contributed by atoms with E-state index in [0.717, 1.165) is 22.4 Å². The second-order valence-corrected chi connectivity index (χ2v) is 7.26. The average Bonchev–Trinajstić information content (AvgIpc) is 2.93. The molecule has 3 aromatic rings. The predicted molar refractivity (Wildman–Crippen MR) is 107 cm³/mol. The summed E-state index contributed by atoms with van der Waals surface area (Å²) in [6, 6.07) is 12.9. The first-order valence-electron chi connectivity index (χ1n) is 9.61. The molecule has 162 valence electrons. The van der Waals surface area contributed by atoms with Crippen molar-refractivity contribution < 1.29 is 27.4 Å². The molecule has 0 N–H and O–H groups in total. The summed E-state index contributed by atoms with van der Waals surface area (Å²) >= 11 is 0. The van der Waals surface area contributed by atoms with Crippen molar-refractivity contribution in [1.29, 1.82) is 0 Å². The number of benzene rings is 2. The Hall–Kier alpha value is -3.49. The normalized spacial score (nSPS) is 13.9. The van der Waals surface area contributed by atoms with Gasteiger partial charge in [-0.25, -0.2) is 0 Å². The number of hydrogen-bond donors (Lipinski definition) is 0. The van der Waals surface area contributed by atoms with Gasteiger partial charge in [-0.1, -0.05) is 18.2 Å². The Labute approximate surface area is 176 Å². The highest BCUT2D eigenvalue weighted by Gasteiger charge is 2.31. The van der Waals surface area contributed by atoms with E-state index in [1.807, 2.05) is 25.1 Å². The van der Waals surface area contributed by atoms with Gasteiger partial charge in [0.15, 0.2) is 5.69 Å². The lowest BCUT2D eigenvalue weighted by Crippen LogP contribution is -2.32. The number of halogens is 3. The summed E-state index contributed by atoms with van der Waals surface area (Å²) in [6.07, 6.45) is -4.73. The van der Waals surface area contributed by atoms with Crippen LogP contribution < -0.4 is 9.47 Å². The van der Waals surface area contributed by atoms with Crippen LogP contribution in [0, 0.1) is 6.92 Å². The zero-order chi connectivity index (χ0) is 22.2. The minimum absolute atomic E-state index is 0.181. The molecule has 0 fully saturated rings. The van der Waals surface area contributed by atoms with Crippen LogP contribution in [0.5, 0.6) is 11.5 Å². The Bertz CT molecular complexity index is 1090. The number of aryl methyl sites for hydroxylation is 2. The minimum atomic E-state index is -4.73. The van der Waals surface area contributed by atoms with Crippen molar-refractivity contribution in [3.63, 3.8) is 0 Å². The van der Waals surface area contributed by atoms with Crippen molar-refractivity contribution in [2.24, 2.45) is 7.05 Å². The number of fused-ring (bicyclic) bond motifs is 1. The first-order valence-corrected chi connectivity index (χ1v) is 9.61. The third-order valence-electron chi connectivity index (χ3n) is 5.08. The molecule has 2 heterocycles. The van der Waals surface area contributed by atoms with E-state index in [1.165, 1.54) is 12.1 Å². The van der Waals surface area contributed by atoms with Crippen LogP contribution in [0.15, 0.2) is 48.5 Å². The van der Waals surface area contributed by atoms with Crippen LogP contribution in [0.2, 0.25) is 0 Å². The molecule has 0 radical (unpaired) electrons. The molecule has 1 aliphatic rings. The van der Waals surface area contributed by atoms with E-state index >= 15 is 0 Å². The summed E-state index contributed by atoms with van der Waals surface area (Å²) in [5, 5.41) is 4.26. The molecule has 0 spiro atoms. The molecule has 0 bridgehead atoms. The van der Waals surface area contributed by atoms with Crippen LogP contribution in [0.4, 0.5) is 13.2 Å². The first kappa shape index (κ1) is 20.8. The van der Waals surface area contributed by atoms with Crippen molar-refractivity contribution in [2.45, 2.75) is 19.8 Å². The Morgan fingerprint density at radius 2 is 1.81 bits per heavy atom. The van der Waals surface area contributed by atoms with Gasteiger partial charge in [0.25, 0.3) is 5.91 Å². The lowest BCUT2D eigenvalue weighted by Gasteiger charge is -2.18. The van der Waals surface area contributed by atoms with E-state index in [2.05, 4.69) is 9.84 Å². The predicted octanol–water partition coefficient (Wildman–Crippen LogP) is 4.33. The molecule has 1 aliphatic heterocycles. The maximum absolute atomic E-state index is 12.9. The third kappa shape index (κ3) is 4.65. The molecule has 9 heteroatoms. The van der Waals surface area contributed by atoms with Gasteiger partial charge in [0.05, 0.1) is 6.54 Å². The highest BCUT2D eigenvalue weighted by Crippen LogP contribution is 2.31. The first-order chi connectivity index (χ1) is 14.7. The topological polar surface area (TPSA) is 56.6 Å². The maximum Gasteiger partial charge on any atom is 0.573 e. The number of nitrogens with zero attached hydrogens (tertiary/aromatic N) is 3. The van der Waals surface area contributed by atoms with Gasteiger partial charge in [-0.15, -0.1) is 13.2 Å². The number of hydrogen-bond acceptors (Lipinski definition) is 4. The molecular formula is C22H20F3N3O3. The van der Waals surface area contributed by atoms with E-state index in [-0.39, 0.29) is 11.7 Å². The van der Waals surface area contributed by atoms with Gasteiger partial charge in [-0.2, -0.15) is 5.10 Å². The standard InChI is InChI=1S/C22H20F3N3O3/c1-14-11-19(26-27(14)2)21(29)28-9-10-30-20-8-5-16(12-17(20)13-28)15-3-6-18(7-4-15)31-22(23,24)25/h3-8,11-12H,9-10,13H2,1-2H3. The van der Waals surface area contributed by atoms with Gasteiger partial charge in [-0.05, 0) is 48.4 Å². The monoisotopic (exact) mass is 431 g/mol. The number of rotatable bonds is 3. The molecule has 0 saturated heterocycles. The Balaban J connectivity index is 1.57. The van der Waals surface area contributed by atoms with Crippen LogP contribution in [-0.4, -0.2) is 40.1 Å². The lowest BCUT2D eigenvalue weighted by atomic mass is 10.0. The Morgan fingerprint density at radius 3 is 2.45 bits per heavy atom. The molecule has 0 aliphatic carbocycles. The summed E-state index contributed by atoms with van der Waals surface area (Å²) in [5.41, 5.74) is 3.59. The van der Waals surface area contributed by atoms with Crippen molar-refractivity contribution >= 4 is 5.91 Å². The zero-order valence-corrected chi connectivity index (χ0v) is 16.9. The summed E-state index contributed by atoms with van der Waals surface area (Å²) in [5.74, 6) is 0.212. The molecule has 4 rings (SSSR count). The minimum Gasteiger partial charge on any atom is -0.491 e. The van der Waals surface area contributed by atoms with E-state index in [4.69, 9.17) is 4.74 Å². The Kier molecular flexibility index (Phi) is 5.34. The quantitative estimate of drug-likeness (QED) is 0.620. The SMILES string of the molecule is Cc1cc(C(=O)N2CCOc3ccc(-c4ccc(OC(F)(F)F)cc4)cc3C2)nn1C. The fourth-order valence-electron chi connectivity index (χ4n) is 3.42. The second kappa shape index (κ2) is 7.98. The fourth-order valence-corrected chi connectivity index (χ4v) is 3.42. The van der Waals surface area contributed by atoms with Crippen LogP contribution in [0.1, 0.15) is 21.7 Å². The lowest BCUT2D eigenvalue weighted by molar-refractivity contribution is -0.274. The van der Waals surface area contributed by atoms with Gasteiger partial charge in [0, 0.05) is 24.8 Å². The summed E-state index contributed by atoms with van der Waals surface area (Å²) in [7, 11) is 1.78. The van der Waals surface area contributed by atoms with Gasteiger partial charge in [0.2, 0.25) is 0 Å². The Morgan fingerprint density at radius 1 is 1.10 bits per heavy atom. The van der Waals surface area contributed by atoms with Crippen LogP contribution in [0.25, 0.3) is 11.1 Å². The van der Waals surface area contributed by atoms with Crippen LogP contribution >= 0.6 is 0 Å². The number of amides is 1. The average molecular weight is 431 g/mol. The van der Waals surface area contributed by atoms with Crippen molar-refractivity contribution in [3.05, 3.63) is 65.5 Å². The number of aromatic nitrogens is 2. The van der Waals surface area contributed by atoms with E-state index in [0.29, 0.717) is 31.1 Å². The molecule has 0 atom stereocenters. The molecule has 1 aromatic heterocycles. The van der Waals surface area contributed by atoms with Crippen molar-refractivity contribution in [1.82, 2.24) is 14.7 Å². The van der Waals surface area contributed by atoms with Gasteiger partial charge >= 0.3 is 6.36 Å². The van der Waals surface area contributed by atoms with E-state index < -0.39 is 6.36 Å². The fraction of sp³-hybridized carbons (Fsp3) is 0.273. The largest absolute Gasteiger partial charge is 0.573 e. The van der Waals surface area contributed by atoms with Crippen molar-refractivity contribution in [3.8, 4) is 22.6 Å². The molecular weight excluding hydrogens is 411 g/mol. The molecule has 1 amide bonds. The summed E-state index contributed by atoms with van der Waals surface area (Å²) in [4.78, 5) is 14.6. The van der Waals surface area contributed by atoms with Gasteiger partial charge in [-0.3, -0.25) is 9.48 Å². The second-order valence-electron chi connectivity index (χ2n) is 7.26. The number of alkyl halides is 3. The highest BCUT2D eigenvalue weighted by molar-refractivity contribution is 5.92. The highest BCUT2D eigenvalue weighted by atomic mass is 19.4. The zero-order valence-electron chi connectivity index (χ0n) is 16.9. The number of ether oxygens (including phenoxy) is 2. The maximum atomic E-state index is 12.9. The molecule has 0 unspecified atom stereocenters. The van der Waals surface area contributed by atoms with E-state index in [9.17, 15) is 18.0 Å². The smallest absolute Gasteiger partial charge is 0.491 e. The summed E-state index contributed by atoms with van der Waals surface area (Å²) in [6.45, 7) is 2.99. The van der Waals surface area contributed by atoms with Gasteiger partial charge < -0.3 is 14.4 Å². The van der Waals surface area contributed by atoms with Crippen molar-refractivity contribution in [2.75, 3.05) is 13.2 Å². The molecule has 6 nitrogen and oxygen atoms in total. The molecule has 2 aromatic carbocycles. The molecule has 31 heavy (non-hydrogen) atoms. The summed E-state index contributed by atoms with van der Waals surface area (Å²) < 4.78 is 48.5. The van der Waals surface area contributed by atoms with E-state index in [1.54, 1.807) is 34.8 Å². The van der Waals surface area contributed by atoms with Crippen LogP contribution in [0.3, 0.4) is 0 Å². The van der Waals surface area contributed by atoms with Gasteiger partial charge in [0.1, 0.15) is 18.1 Å². The number of carbonyl (C=O) groups is 1.